The van der Waals surface area contributed by atoms with E-state index in [1.54, 1.807) is 14.2 Å². The van der Waals surface area contributed by atoms with Gasteiger partial charge in [-0.3, -0.25) is 9.59 Å². The molecule has 2 atom stereocenters. The number of amides is 1. The number of carbonyl (C=O) groups is 2. The SMILES string of the molecule is CCCOc1ccc(C2CC(=O)NC3=C2C(=O)CC(c2ccc(OC(C)C)c(OC)c2)C3)cc1OC. The van der Waals surface area contributed by atoms with Gasteiger partial charge >= 0.3 is 0 Å². The van der Waals surface area contributed by atoms with Gasteiger partial charge < -0.3 is 24.3 Å². The molecule has 2 aromatic rings. The zero-order chi connectivity index (χ0) is 25.8. The molecule has 2 aliphatic rings. The maximum Gasteiger partial charge on any atom is 0.225 e. The summed E-state index contributed by atoms with van der Waals surface area (Å²) in [5, 5.41) is 2.99. The number of nitrogens with one attached hydrogen (secondary N) is 1. The van der Waals surface area contributed by atoms with E-state index < -0.39 is 0 Å². The van der Waals surface area contributed by atoms with Gasteiger partial charge in [0.2, 0.25) is 5.91 Å². The van der Waals surface area contributed by atoms with Gasteiger partial charge in [-0.05, 0) is 68.0 Å². The molecule has 0 aromatic heterocycles. The fraction of sp³-hybridized carbons (Fsp3) is 0.448. The first-order valence-electron chi connectivity index (χ1n) is 12.6. The Morgan fingerprint density at radius 3 is 2.25 bits per heavy atom. The van der Waals surface area contributed by atoms with Crippen LogP contribution in [0.2, 0.25) is 0 Å². The quantitative estimate of drug-likeness (QED) is 0.512. The van der Waals surface area contributed by atoms with Crippen molar-refractivity contribution in [3.05, 3.63) is 58.8 Å². The molecule has 2 aromatic carbocycles. The summed E-state index contributed by atoms with van der Waals surface area (Å²) in [6.07, 6.45) is 2.08. The van der Waals surface area contributed by atoms with Crippen molar-refractivity contribution in [1.82, 2.24) is 5.32 Å². The van der Waals surface area contributed by atoms with E-state index in [-0.39, 0.29) is 36.1 Å². The van der Waals surface area contributed by atoms with Gasteiger partial charge in [0.25, 0.3) is 0 Å². The molecule has 1 amide bonds. The van der Waals surface area contributed by atoms with Crippen molar-refractivity contribution < 1.29 is 28.5 Å². The van der Waals surface area contributed by atoms with Crippen molar-refractivity contribution in [3.8, 4) is 23.0 Å². The number of ether oxygens (including phenoxy) is 4. The van der Waals surface area contributed by atoms with Gasteiger partial charge in [-0.25, -0.2) is 0 Å². The Bertz CT molecular complexity index is 1170. The van der Waals surface area contributed by atoms with Crippen molar-refractivity contribution in [2.75, 3.05) is 20.8 Å². The van der Waals surface area contributed by atoms with Crippen LogP contribution in [0, 0.1) is 0 Å². The minimum absolute atomic E-state index is 0.0222. The molecule has 0 saturated heterocycles. The first-order valence-corrected chi connectivity index (χ1v) is 12.6. The van der Waals surface area contributed by atoms with E-state index in [4.69, 9.17) is 18.9 Å². The summed E-state index contributed by atoms with van der Waals surface area (Å²) in [5.74, 6) is 2.16. The lowest BCUT2D eigenvalue weighted by atomic mass is 9.73. The lowest BCUT2D eigenvalue weighted by Gasteiger charge is -2.34. The fourth-order valence-electron chi connectivity index (χ4n) is 5.00. The Balaban J connectivity index is 1.64. The lowest BCUT2D eigenvalue weighted by Crippen LogP contribution is -2.38. The van der Waals surface area contributed by atoms with Crippen LogP contribution in [0.5, 0.6) is 23.0 Å². The van der Waals surface area contributed by atoms with E-state index in [0.717, 1.165) is 17.5 Å². The molecule has 1 N–H and O–H groups in total. The molecular formula is C29H35NO6. The van der Waals surface area contributed by atoms with Gasteiger partial charge in [-0.2, -0.15) is 0 Å². The second kappa shape index (κ2) is 11.1. The smallest absolute Gasteiger partial charge is 0.225 e. The van der Waals surface area contributed by atoms with E-state index in [0.29, 0.717) is 53.7 Å². The average molecular weight is 494 g/mol. The van der Waals surface area contributed by atoms with Crippen molar-refractivity contribution >= 4 is 11.7 Å². The predicted octanol–water partition coefficient (Wildman–Crippen LogP) is 5.28. The number of benzene rings is 2. The van der Waals surface area contributed by atoms with Crippen LogP contribution in [0.3, 0.4) is 0 Å². The Kier molecular flexibility index (Phi) is 7.87. The third-order valence-corrected chi connectivity index (χ3v) is 6.61. The Hall–Kier alpha value is -3.48. The van der Waals surface area contributed by atoms with Gasteiger partial charge in [-0.1, -0.05) is 19.1 Å². The van der Waals surface area contributed by atoms with Crippen LogP contribution in [0.25, 0.3) is 0 Å². The third-order valence-electron chi connectivity index (χ3n) is 6.61. The highest BCUT2D eigenvalue weighted by Gasteiger charge is 2.38. The molecule has 0 saturated carbocycles. The van der Waals surface area contributed by atoms with Crippen molar-refractivity contribution in [1.29, 1.82) is 0 Å². The van der Waals surface area contributed by atoms with Gasteiger partial charge in [0.05, 0.1) is 26.9 Å². The maximum atomic E-state index is 13.5. The van der Waals surface area contributed by atoms with Crippen molar-refractivity contribution in [3.63, 3.8) is 0 Å². The topological polar surface area (TPSA) is 83.1 Å². The minimum atomic E-state index is -0.312. The van der Waals surface area contributed by atoms with Crippen LogP contribution in [0.1, 0.15) is 69.4 Å². The highest BCUT2D eigenvalue weighted by molar-refractivity contribution is 6.02. The molecule has 7 heteroatoms. The summed E-state index contributed by atoms with van der Waals surface area (Å²) in [7, 11) is 3.20. The molecule has 0 radical (unpaired) electrons. The maximum absolute atomic E-state index is 13.5. The van der Waals surface area contributed by atoms with Crippen LogP contribution >= 0.6 is 0 Å². The molecule has 0 spiro atoms. The van der Waals surface area contributed by atoms with E-state index in [9.17, 15) is 9.59 Å². The molecular weight excluding hydrogens is 458 g/mol. The van der Waals surface area contributed by atoms with Crippen LogP contribution in [0.4, 0.5) is 0 Å². The Labute approximate surface area is 212 Å². The normalized spacial score (nSPS) is 19.6. The highest BCUT2D eigenvalue weighted by atomic mass is 16.5. The van der Waals surface area contributed by atoms with Crippen molar-refractivity contribution in [2.45, 2.75) is 64.4 Å². The number of Topliss-reactive ketones (excluding diaryl/α,β-unsaturated/α-hetero) is 1. The molecule has 0 bridgehead atoms. The summed E-state index contributed by atoms with van der Waals surface area (Å²) in [5.41, 5.74) is 3.27. The van der Waals surface area contributed by atoms with E-state index in [1.165, 1.54) is 0 Å². The molecule has 1 aliphatic carbocycles. The first-order chi connectivity index (χ1) is 17.3. The average Bonchev–Trinajstić information content (AvgIpc) is 2.86. The predicted molar refractivity (Wildman–Crippen MR) is 137 cm³/mol. The second-order valence-corrected chi connectivity index (χ2v) is 9.56. The monoisotopic (exact) mass is 493 g/mol. The zero-order valence-corrected chi connectivity index (χ0v) is 21.7. The molecule has 192 valence electrons. The van der Waals surface area contributed by atoms with Crippen LogP contribution < -0.4 is 24.3 Å². The largest absolute Gasteiger partial charge is 0.493 e. The first kappa shape index (κ1) is 25.6. The summed E-state index contributed by atoms with van der Waals surface area (Å²) in [6, 6.07) is 11.5. The number of carbonyl (C=O) groups excluding carboxylic acids is 2. The third kappa shape index (κ3) is 5.35. The van der Waals surface area contributed by atoms with Crippen molar-refractivity contribution in [2.24, 2.45) is 0 Å². The van der Waals surface area contributed by atoms with Crippen LogP contribution in [0.15, 0.2) is 47.7 Å². The molecule has 2 unspecified atom stereocenters. The van der Waals surface area contributed by atoms with Crippen LogP contribution in [-0.2, 0) is 9.59 Å². The number of hydrogen-bond acceptors (Lipinski definition) is 6. The molecule has 36 heavy (non-hydrogen) atoms. The molecule has 0 fully saturated rings. The number of ketones is 1. The molecule has 1 heterocycles. The van der Waals surface area contributed by atoms with Gasteiger partial charge in [0.1, 0.15) is 0 Å². The Morgan fingerprint density at radius 2 is 1.56 bits per heavy atom. The van der Waals surface area contributed by atoms with Crippen LogP contribution in [-0.4, -0.2) is 38.6 Å². The summed E-state index contributed by atoms with van der Waals surface area (Å²) in [6.45, 7) is 6.56. The fourth-order valence-corrected chi connectivity index (χ4v) is 5.00. The van der Waals surface area contributed by atoms with Gasteiger partial charge in [0, 0.05) is 30.0 Å². The van der Waals surface area contributed by atoms with E-state index in [2.05, 4.69) is 5.32 Å². The molecule has 4 rings (SSSR count). The molecule has 7 nitrogen and oxygen atoms in total. The van der Waals surface area contributed by atoms with Gasteiger partial charge in [0.15, 0.2) is 28.8 Å². The minimum Gasteiger partial charge on any atom is -0.493 e. The number of hydrogen-bond donors (Lipinski definition) is 1. The second-order valence-electron chi connectivity index (χ2n) is 9.56. The van der Waals surface area contributed by atoms with E-state index >= 15 is 0 Å². The molecule has 1 aliphatic heterocycles. The lowest BCUT2D eigenvalue weighted by molar-refractivity contribution is -0.122. The Morgan fingerprint density at radius 1 is 0.889 bits per heavy atom. The zero-order valence-electron chi connectivity index (χ0n) is 21.7. The standard InChI is InChI=1S/C29H35NO6/c1-6-11-35-24-9-8-19(15-26(24)33-4)21-16-28(32)30-22-12-20(13-23(31)29(21)22)18-7-10-25(36-17(2)3)27(14-18)34-5/h7-10,14-15,17,20-21H,6,11-13,16H2,1-5H3,(H,30,32). The summed E-state index contributed by atoms with van der Waals surface area (Å²) in [4.78, 5) is 26.2. The van der Waals surface area contributed by atoms with E-state index in [1.807, 2.05) is 57.2 Å². The number of methoxy groups -OCH3 is 2. The number of rotatable bonds is 9. The number of allylic oxidation sites excluding steroid dienone is 2. The van der Waals surface area contributed by atoms with Gasteiger partial charge in [-0.15, -0.1) is 0 Å². The summed E-state index contributed by atoms with van der Waals surface area (Å²) < 4.78 is 22.7. The summed E-state index contributed by atoms with van der Waals surface area (Å²) >= 11 is 0. The highest BCUT2D eigenvalue weighted by Crippen LogP contribution is 2.45.